The van der Waals surface area contributed by atoms with Crippen molar-refractivity contribution in [3.8, 4) is 0 Å². The Balaban J connectivity index is 0.000000982. The summed E-state index contributed by atoms with van der Waals surface area (Å²) in [5, 5.41) is 25.1. The van der Waals surface area contributed by atoms with Gasteiger partial charge in [0.25, 0.3) is 6.47 Å². The molecule has 0 aliphatic carbocycles. The molecule has 1 rings (SSSR count). The Labute approximate surface area is 111 Å². The summed E-state index contributed by atoms with van der Waals surface area (Å²) in [5.74, 6) is -1.18. The highest BCUT2D eigenvalue weighted by molar-refractivity contribution is 5.81. The molecule has 110 valence electrons. The number of amides is 1. The average molecular weight is 276 g/mol. The van der Waals surface area contributed by atoms with Gasteiger partial charge in [-0.25, -0.2) is 0 Å². The second-order valence-electron chi connectivity index (χ2n) is 4.40. The van der Waals surface area contributed by atoms with E-state index in [1.54, 1.807) is 0 Å². The molecule has 1 saturated heterocycles. The number of carbonyl (C=O) groups excluding carboxylic acids is 1. The van der Waals surface area contributed by atoms with Crippen LogP contribution >= 0.6 is 0 Å². The van der Waals surface area contributed by atoms with Gasteiger partial charge in [0, 0.05) is 19.5 Å². The van der Waals surface area contributed by atoms with E-state index in [0.717, 1.165) is 0 Å². The van der Waals surface area contributed by atoms with Gasteiger partial charge in [-0.3, -0.25) is 14.4 Å². The molecule has 8 nitrogen and oxygen atoms in total. The quantitative estimate of drug-likeness (QED) is 0.545. The van der Waals surface area contributed by atoms with E-state index in [9.17, 15) is 14.7 Å². The molecule has 0 radical (unpaired) electrons. The Morgan fingerprint density at radius 1 is 1.32 bits per heavy atom. The number of aliphatic hydroxyl groups excluding tert-OH is 1. The summed E-state index contributed by atoms with van der Waals surface area (Å²) in [7, 11) is 3.69. The van der Waals surface area contributed by atoms with Gasteiger partial charge in [0.05, 0.1) is 18.6 Å². The van der Waals surface area contributed by atoms with Crippen LogP contribution in [0.5, 0.6) is 0 Å². The van der Waals surface area contributed by atoms with Crippen molar-refractivity contribution < 1.29 is 29.7 Å². The molecule has 0 bridgehead atoms. The lowest BCUT2D eigenvalue weighted by atomic mass is 10.2. The summed E-state index contributed by atoms with van der Waals surface area (Å²) in [4.78, 5) is 33.7. The molecule has 1 aliphatic rings. The van der Waals surface area contributed by atoms with Crippen LogP contribution < -0.4 is 0 Å². The summed E-state index contributed by atoms with van der Waals surface area (Å²) >= 11 is 0. The fraction of sp³-hybridized carbons (Fsp3) is 0.727. The van der Waals surface area contributed by atoms with Crippen molar-refractivity contribution >= 4 is 18.3 Å². The van der Waals surface area contributed by atoms with Gasteiger partial charge < -0.3 is 25.1 Å². The van der Waals surface area contributed by atoms with Crippen LogP contribution in [0.3, 0.4) is 0 Å². The van der Waals surface area contributed by atoms with Crippen LogP contribution in [0.4, 0.5) is 0 Å². The fourth-order valence-electron chi connectivity index (χ4n) is 1.85. The minimum absolute atomic E-state index is 0.00218. The van der Waals surface area contributed by atoms with E-state index >= 15 is 0 Å². The van der Waals surface area contributed by atoms with E-state index in [4.69, 9.17) is 15.0 Å². The highest BCUT2D eigenvalue weighted by Crippen LogP contribution is 2.15. The zero-order chi connectivity index (χ0) is 15.0. The lowest BCUT2D eigenvalue weighted by Gasteiger charge is -2.21. The van der Waals surface area contributed by atoms with E-state index in [0.29, 0.717) is 13.1 Å². The minimum atomic E-state index is -0.975. The molecule has 0 aromatic heterocycles. The zero-order valence-corrected chi connectivity index (χ0v) is 11.0. The molecule has 8 heteroatoms. The smallest absolute Gasteiger partial charge is 0.303 e. The van der Waals surface area contributed by atoms with Gasteiger partial charge in [-0.05, 0) is 14.1 Å². The SMILES string of the molecule is CN(C)[C@H]1CN(C(=O)CCC(=O)O)C[C@@H]1O.O=CO. The maximum atomic E-state index is 11.6. The first-order chi connectivity index (χ1) is 8.83. The van der Waals surface area contributed by atoms with Crippen molar-refractivity contribution in [2.45, 2.75) is 25.0 Å². The third kappa shape index (κ3) is 6.16. The lowest BCUT2D eigenvalue weighted by molar-refractivity contribution is -0.140. The van der Waals surface area contributed by atoms with Crippen molar-refractivity contribution in [3.05, 3.63) is 0 Å². The van der Waals surface area contributed by atoms with E-state index < -0.39 is 12.1 Å². The Morgan fingerprint density at radius 3 is 2.21 bits per heavy atom. The number of hydrogen-bond donors (Lipinski definition) is 3. The molecule has 1 fully saturated rings. The second kappa shape index (κ2) is 8.44. The summed E-state index contributed by atoms with van der Waals surface area (Å²) < 4.78 is 0. The molecular formula is C11H20N2O6. The van der Waals surface area contributed by atoms with Gasteiger partial charge >= 0.3 is 5.97 Å². The molecular weight excluding hydrogens is 256 g/mol. The zero-order valence-electron chi connectivity index (χ0n) is 11.0. The Bertz CT molecular complexity index is 320. The van der Waals surface area contributed by atoms with Gasteiger partial charge in [-0.15, -0.1) is 0 Å². The van der Waals surface area contributed by atoms with Crippen LogP contribution in [0.15, 0.2) is 0 Å². The number of nitrogens with zero attached hydrogens (tertiary/aromatic N) is 2. The number of rotatable bonds is 4. The van der Waals surface area contributed by atoms with Crippen LogP contribution in [-0.2, 0) is 14.4 Å². The highest BCUT2D eigenvalue weighted by atomic mass is 16.4. The standard InChI is InChI=1S/C10H18N2O4.CH2O2/c1-11(2)7-5-12(6-8(7)13)9(14)3-4-10(15)16;2-1-3/h7-8,13H,3-6H2,1-2H3,(H,15,16);1H,(H,2,3)/t7-,8-;/m0./s1. The molecule has 19 heavy (non-hydrogen) atoms. The monoisotopic (exact) mass is 276 g/mol. The largest absolute Gasteiger partial charge is 0.483 e. The number of carboxylic acid groups (broad SMARTS) is 2. The average Bonchev–Trinajstić information content (AvgIpc) is 2.69. The van der Waals surface area contributed by atoms with Crippen LogP contribution in [-0.4, -0.2) is 82.8 Å². The molecule has 1 aliphatic heterocycles. The number of carbonyl (C=O) groups is 3. The summed E-state index contributed by atoms with van der Waals surface area (Å²) in [6.07, 6.45) is -0.705. The van der Waals surface area contributed by atoms with E-state index in [-0.39, 0.29) is 31.3 Å². The normalized spacial score (nSPS) is 21.8. The Kier molecular flexibility index (Phi) is 7.69. The number of carboxylic acids is 1. The fourth-order valence-corrected chi connectivity index (χ4v) is 1.85. The van der Waals surface area contributed by atoms with Crippen molar-refractivity contribution in [2.24, 2.45) is 0 Å². The summed E-state index contributed by atoms with van der Waals surface area (Å²) in [6, 6.07) is -0.0613. The number of β-amino-alcohol motifs (C(OH)–C–C–N with tert-alkyl or cyclic N) is 1. The number of likely N-dealkylation sites (tertiary alicyclic amines) is 1. The molecule has 2 atom stereocenters. The first-order valence-corrected chi connectivity index (χ1v) is 5.75. The van der Waals surface area contributed by atoms with Gasteiger partial charge in [0.15, 0.2) is 0 Å². The van der Waals surface area contributed by atoms with Crippen molar-refractivity contribution in [1.82, 2.24) is 9.80 Å². The molecule has 0 unspecified atom stereocenters. The molecule has 0 saturated carbocycles. The Morgan fingerprint density at radius 2 is 1.84 bits per heavy atom. The van der Waals surface area contributed by atoms with Crippen molar-refractivity contribution in [1.29, 1.82) is 0 Å². The van der Waals surface area contributed by atoms with E-state index in [1.165, 1.54) is 4.90 Å². The van der Waals surface area contributed by atoms with Crippen LogP contribution in [0.2, 0.25) is 0 Å². The second-order valence-corrected chi connectivity index (χ2v) is 4.40. The summed E-state index contributed by atoms with van der Waals surface area (Å²) in [6.45, 7) is 0.508. The van der Waals surface area contributed by atoms with Gasteiger partial charge in [0.2, 0.25) is 5.91 Å². The number of aliphatic carboxylic acids is 1. The lowest BCUT2D eigenvalue weighted by Crippen LogP contribution is -2.38. The number of hydrogen-bond acceptors (Lipinski definition) is 5. The minimum Gasteiger partial charge on any atom is -0.483 e. The van der Waals surface area contributed by atoms with Gasteiger partial charge in [-0.1, -0.05) is 0 Å². The van der Waals surface area contributed by atoms with Crippen LogP contribution in [0.25, 0.3) is 0 Å². The first kappa shape index (κ1) is 17.3. The molecule has 0 spiro atoms. The van der Waals surface area contributed by atoms with E-state index in [1.807, 2.05) is 19.0 Å². The molecule has 1 heterocycles. The third-order valence-corrected chi connectivity index (χ3v) is 2.83. The molecule has 3 N–H and O–H groups in total. The predicted molar refractivity (Wildman–Crippen MR) is 65.6 cm³/mol. The number of likely N-dealkylation sites (N-methyl/N-ethyl adjacent to an activating group) is 1. The number of aliphatic hydroxyl groups is 1. The molecule has 0 aromatic carbocycles. The Hall–Kier alpha value is -1.67. The van der Waals surface area contributed by atoms with Crippen LogP contribution in [0, 0.1) is 0 Å². The summed E-state index contributed by atoms with van der Waals surface area (Å²) in [5.41, 5.74) is 0. The maximum absolute atomic E-state index is 11.6. The van der Waals surface area contributed by atoms with Gasteiger partial charge in [-0.2, -0.15) is 0 Å². The first-order valence-electron chi connectivity index (χ1n) is 5.75. The molecule has 0 aromatic rings. The topological polar surface area (TPSA) is 118 Å². The van der Waals surface area contributed by atoms with Gasteiger partial charge in [0.1, 0.15) is 0 Å². The van der Waals surface area contributed by atoms with Crippen LogP contribution in [0.1, 0.15) is 12.8 Å². The van der Waals surface area contributed by atoms with E-state index in [2.05, 4.69) is 0 Å². The predicted octanol–water partition coefficient (Wildman–Crippen LogP) is -1.31. The van der Waals surface area contributed by atoms with Crippen molar-refractivity contribution in [2.75, 3.05) is 27.2 Å². The maximum Gasteiger partial charge on any atom is 0.303 e. The molecule has 1 amide bonds. The highest BCUT2D eigenvalue weighted by Gasteiger charge is 2.34. The third-order valence-electron chi connectivity index (χ3n) is 2.83. The van der Waals surface area contributed by atoms with Crippen molar-refractivity contribution in [3.63, 3.8) is 0 Å².